The molecule has 0 heterocycles. The van der Waals surface area contributed by atoms with Crippen molar-refractivity contribution in [2.45, 2.75) is 52.9 Å². The second-order valence-corrected chi connectivity index (χ2v) is 7.74. The Morgan fingerprint density at radius 3 is 2.10 bits per heavy atom. The van der Waals surface area contributed by atoms with Crippen LogP contribution in [-0.4, -0.2) is 31.6 Å². The van der Waals surface area contributed by atoms with Gasteiger partial charge in [0, 0.05) is 12.0 Å². The van der Waals surface area contributed by atoms with Gasteiger partial charge in [-0.3, -0.25) is 20.4 Å². The molecule has 3 atom stereocenters. The van der Waals surface area contributed by atoms with Crippen molar-refractivity contribution in [2.75, 3.05) is 19.8 Å². The van der Waals surface area contributed by atoms with Gasteiger partial charge in [0.05, 0.1) is 19.8 Å². The molecular weight excluding hydrogens is 372 g/mol. The molecule has 2 aliphatic rings. The summed E-state index contributed by atoms with van der Waals surface area (Å²) in [6.45, 7) is 6.90. The molecule has 1 aromatic rings. The second kappa shape index (κ2) is 9.85. The first-order valence-corrected chi connectivity index (χ1v) is 10.7. The third-order valence-corrected chi connectivity index (χ3v) is 5.82. The first-order chi connectivity index (χ1) is 14.0. The molecular formula is C22H32N2O5. The minimum atomic E-state index is -0.420. The van der Waals surface area contributed by atoms with E-state index in [2.05, 4.69) is 10.9 Å². The molecule has 29 heavy (non-hydrogen) atoms. The van der Waals surface area contributed by atoms with Crippen molar-refractivity contribution in [3.05, 3.63) is 17.7 Å². The molecule has 0 saturated heterocycles. The van der Waals surface area contributed by atoms with E-state index in [0.29, 0.717) is 60.9 Å². The summed E-state index contributed by atoms with van der Waals surface area (Å²) < 4.78 is 16.9. The van der Waals surface area contributed by atoms with Crippen LogP contribution < -0.4 is 25.1 Å². The number of rotatable bonds is 9. The Balaban J connectivity index is 1.63. The Morgan fingerprint density at radius 1 is 0.931 bits per heavy atom. The minimum absolute atomic E-state index is 0.142. The van der Waals surface area contributed by atoms with E-state index in [1.54, 1.807) is 12.1 Å². The lowest BCUT2D eigenvalue weighted by Crippen LogP contribution is -2.42. The normalized spacial score (nSPS) is 22.2. The monoisotopic (exact) mass is 404 g/mol. The molecule has 2 aliphatic carbocycles. The van der Waals surface area contributed by atoms with Crippen LogP contribution in [0.2, 0.25) is 0 Å². The third-order valence-electron chi connectivity index (χ3n) is 5.82. The molecule has 2 saturated carbocycles. The predicted molar refractivity (Wildman–Crippen MR) is 109 cm³/mol. The van der Waals surface area contributed by atoms with Crippen molar-refractivity contribution in [3.8, 4) is 17.2 Å². The van der Waals surface area contributed by atoms with Crippen molar-refractivity contribution in [1.82, 2.24) is 10.9 Å². The van der Waals surface area contributed by atoms with Gasteiger partial charge in [0.2, 0.25) is 11.7 Å². The van der Waals surface area contributed by atoms with Crippen molar-refractivity contribution in [1.29, 1.82) is 0 Å². The Hall–Kier alpha value is -2.44. The quantitative estimate of drug-likeness (QED) is 0.616. The van der Waals surface area contributed by atoms with Crippen LogP contribution in [0.5, 0.6) is 17.2 Å². The van der Waals surface area contributed by atoms with Gasteiger partial charge in [-0.2, -0.15) is 0 Å². The molecule has 2 fully saturated rings. The van der Waals surface area contributed by atoms with Crippen LogP contribution in [0.4, 0.5) is 0 Å². The number of hydrazine groups is 1. The van der Waals surface area contributed by atoms with E-state index >= 15 is 0 Å². The van der Waals surface area contributed by atoms with Crippen LogP contribution in [-0.2, 0) is 4.79 Å². The maximum absolute atomic E-state index is 12.6. The second-order valence-electron chi connectivity index (χ2n) is 7.74. The molecule has 7 nitrogen and oxygen atoms in total. The van der Waals surface area contributed by atoms with Crippen LogP contribution in [0.25, 0.3) is 0 Å². The molecule has 160 valence electrons. The van der Waals surface area contributed by atoms with E-state index in [1.165, 1.54) is 19.3 Å². The SMILES string of the molecule is CCOc1cc(C(=O)NNC(=O)C[C@H]2C[C@@H]3CC[C@@H]2C3)cc(OCC)c1OCC. The van der Waals surface area contributed by atoms with E-state index in [4.69, 9.17) is 14.2 Å². The molecule has 7 heteroatoms. The highest BCUT2D eigenvalue weighted by molar-refractivity contribution is 5.96. The molecule has 1 aromatic carbocycles. The number of hydrogen-bond donors (Lipinski definition) is 2. The van der Waals surface area contributed by atoms with Gasteiger partial charge in [0.1, 0.15) is 0 Å². The fraction of sp³-hybridized carbons (Fsp3) is 0.636. The van der Waals surface area contributed by atoms with Gasteiger partial charge in [-0.1, -0.05) is 6.42 Å². The van der Waals surface area contributed by atoms with E-state index in [0.717, 1.165) is 12.3 Å². The number of carbonyl (C=O) groups excluding carboxylic acids is 2. The maximum atomic E-state index is 12.6. The minimum Gasteiger partial charge on any atom is -0.490 e. The summed E-state index contributed by atoms with van der Waals surface area (Å²) in [6, 6.07) is 3.21. The Kier molecular flexibility index (Phi) is 7.23. The fourth-order valence-corrected chi connectivity index (χ4v) is 4.63. The highest BCUT2D eigenvalue weighted by Crippen LogP contribution is 2.49. The van der Waals surface area contributed by atoms with Crippen LogP contribution >= 0.6 is 0 Å². The predicted octanol–water partition coefficient (Wildman–Crippen LogP) is 3.47. The molecule has 2 bridgehead atoms. The first kappa shape index (κ1) is 21.3. The molecule has 0 aliphatic heterocycles. The van der Waals surface area contributed by atoms with E-state index < -0.39 is 5.91 Å². The zero-order chi connectivity index (χ0) is 20.8. The molecule has 0 spiro atoms. The van der Waals surface area contributed by atoms with Crippen LogP contribution in [0, 0.1) is 17.8 Å². The Labute approximate surface area is 172 Å². The zero-order valence-corrected chi connectivity index (χ0v) is 17.6. The van der Waals surface area contributed by atoms with Gasteiger partial charge in [0.25, 0.3) is 5.91 Å². The molecule has 0 aromatic heterocycles. The van der Waals surface area contributed by atoms with Gasteiger partial charge in [0.15, 0.2) is 11.5 Å². The lowest BCUT2D eigenvalue weighted by molar-refractivity contribution is -0.123. The summed E-state index contributed by atoms with van der Waals surface area (Å²) in [5, 5.41) is 0. The van der Waals surface area contributed by atoms with Gasteiger partial charge in [-0.15, -0.1) is 0 Å². The van der Waals surface area contributed by atoms with Crippen LogP contribution in [0.3, 0.4) is 0 Å². The largest absolute Gasteiger partial charge is 0.490 e. The number of amides is 2. The zero-order valence-electron chi connectivity index (χ0n) is 17.6. The van der Waals surface area contributed by atoms with Gasteiger partial charge in [-0.05, 0) is 69.9 Å². The Bertz CT molecular complexity index is 709. The van der Waals surface area contributed by atoms with Crippen molar-refractivity contribution in [3.63, 3.8) is 0 Å². The van der Waals surface area contributed by atoms with Crippen molar-refractivity contribution < 1.29 is 23.8 Å². The number of fused-ring (bicyclic) bond motifs is 2. The van der Waals surface area contributed by atoms with Crippen LogP contribution in [0.1, 0.15) is 63.2 Å². The fourth-order valence-electron chi connectivity index (χ4n) is 4.63. The standard InChI is InChI=1S/C22H32N2O5/c1-4-27-18-11-17(12-19(28-5-2)21(18)29-6-3)22(26)24-23-20(25)13-16-10-14-7-8-15(16)9-14/h11-12,14-16H,4-10,13H2,1-3H3,(H,23,25)(H,24,26)/t14-,15-,16-/m1/s1. The lowest BCUT2D eigenvalue weighted by Gasteiger charge is -2.21. The van der Waals surface area contributed by atoms with Crippen molar-refractivity contribution >= 4 is 11.8 Å². The topological polar surface area (TPSA) is 85.9 Å². The maximum Gasteiger partial charge on any atom is 0.269 e. The average Bonchev–Trinajstić information content (AvgIpc) is 3.32. The lowest BCUT2D eigenvalue weighted by atomic mass is 9.86. The smallest absolute Gasteiger partial charge is 0.269 e. The van der Waals surface area contributed by atoms with E-state index in [9.17, 15) is 9.59 Å². The number of benzene rings is 1. The van der Waals surface area contributed by atoms with Gasteiger partial charge < -0.3 is 14.2 Å². The molecule has 0 radical (unpaired) electrons. The number of nitrogens with one attached hydrogen (secondary N) is 2. The van der Waals surface area contributed by atoms with Gasteiger partial charge in [-0.25, -0.2) is 0 Å². The van der Waals surface area contributed by atoms with Crippen molar-refractivity contribution in [2.24, 2.45) is 17.8 Å². The summed E-state index contributed by atoms with van der Waals surface area (Å²) in [6.07, 6.45) is 5.42. The molecule has 0 unspecified atom stereocenters. The summed E-state index contributed by atoms with van der Waals surface area (Å²) in [7, 11) is 0. The Morgan fingerprint density at radius 2 is 1.59 bits per heavy atom. The third kappa shape index (κ3) is 5.14. The average molecular weight is 405 g/mol. The number of ether oxygens (including phenoxy) is 3. The van der Waals surface area contributed by atoms with E-state index in [1.807, 2.05) is 20.8 Å². The first-order valence-electron chi connectivity index (χ1n) is 10.7. The highest BCUT2D eigenvalue weighted by Gasteiger charge is 2.40. The summed E-state index contributed by atoms with van der Waals surface area (Å²) in [5.74, 6) is 2.73. The highest BCUT2D eigenvalue weighted by atomic mass is 16.5. The van der Waals surface area contributed by atoms with Crippen LogP contribution in [0.15, 0.2) is 12.1 Å². The molecule has 2 N–H and O–H groups in total. The van der Waals surface area contributed by atoms with Gasteiger partial charge >= 0.3 is 0 Å². The number of hydrogen-bond acceptors (Lipinski definition) is 5. The summed E-state index contributed by atoms with van der Waals surface area (Å²) in [4.78, 5) is 24.9. The molecule has 3 rings (SSSR count). The number of carbonyl (C=O) groups is 2. The molecule has 2 amide bonds. The summed E-state index contributed by atoms with van der Waals surface area (Å²) >= 11 is 0. The van der Waals surface area contributed by atoms with E-state index in [-0.39, 0.29) is 5.91 Å². The summed E-state index contributed by atoms with van der Waals surface area (Å²) in [5.41, 5.74) is 5.41.